The van der Waals surface area contributed by atoms with Gasteiger partial charge in [-0.15, -0.1) is 0 Å². The van der Waals surface area contributed by atoms with Crippen LogP contribution in [0.4, 0.5) is 0 Å². The smallest absolute Gasteiger partial charge is 0.0876 e. The minimum absolute atomic E-state index is 0.0679. The van der Waals surface area contributed by atoms with E-state index in [1.54, 1.807) is 0 Å². The molecule has 2 nitrogen and oxygen atoms in total. The Kier molecular flexibility index (Phi) is 3.16. The van der Waals surface area contributed by atoms with E-state index >= 15 is 0 Å². The Balaban J connectivity index is 1.97. The maximum atomic E-state index is 6.21. The summed E-state index contributed by atoms with van der Waals surface area (Å²) in [5.41, 5.74) is 4.18. The van der Waals surface area contributed by atoms with Gasteiger partial charge >= 0.3 is 0 Å². The molecule has 0 aromatic heterocycles. The van der Waals surface area contributed by atoms with Crippen LogP contribution in [0.3, 0.4) is 0 Å². The van der Waals surface area contributed by atoms with Crippen LogP contribution < -0.4 is 5.32 Å². The van der Waals surface area contributed by atoms with E-state index in [9.17, 15) is 0 Å². The highest BCUT2D eigenvalue weighted by Gasteiger charge is 2.44. The molecular formula is C16H23NO. The summed E-state index contributed by atoms with van der Waals surface area (Å²) >= 11 is 0. The van der Waals surface area contributed by atoms with Crippen molar-refractivity contribution in [2.24, 2.45) is 0 Å². The maximum absolute atomic E-state index is 6.21. The fourth-order valence-corrected chi connectivity index (χ4v) is 3.73. The molecule has 1 unspecified atom stereocenters. The number of hydrogen-bond acceptors (Lipinski definition) is 2. The number of nitrogens with one attached hydrogen (secondary N) is 1. The van der Waals surface area contributed by atoms with Gasteiger partial charge in [0.05, 0.1) is 18.2 Å². The molecule has 1 spiro atoms. The Morgan fingerprint density at radius 2 is 1.78 bits per heavy atom. The summed E-state index contributed by atoms with van der Waals surface area (Å²) in [4.78, 5) is 0. The standard InChI is InChI=1S/C16H23NO/c1-12-9-13(2)11-14(10-12)15-16(5-3-4-6-16)18-8-7-17-15/h9-11,15,17H,3-8H2,1-2H3. The maximum Gasteiger partial charge on any atom is 0.0876 e. The van der Waals surface area contributed by atoms with Gasteiger partial charge in [0.25, 0.3) is 0 Å². The first kappa shape index (κ1) is 12.2. The average Bonchev–Trinajstić information content (AvgIpc) is 2.77. The Hall–Kier alpha value is -0.860. The van der Waals surface area contributed by atoms with Gasteiger partial charge in [-0.05, 0) is 32.3 Å². The molecular weight excluding hydrogens is 222 g/mol. The number of benzene rings is 1. The predicted octanol–water partition coefficient (Wildman–Crippen LogP) is 3.28. The molecule has 0 bridgehead atoms. The summed E-state index contributed by atoms with van der Waals surface area (Å²) < 4.78 is 6.21. The highest BCUT2D eigenvalue weighted by molar-refractivity contribution is 5.33. The molecule has 3 rings (SSSR count). The Labute approximate surface area is 110 Å². The molecule has 1 N–H and O–H groups in total. The second kappa shape index (κ2) is 4.67. The van der Waals surface area contributed by atoms with Gasteiger partial charge in [-0.25, -0.2) is 0 Å². The minimum Gasteiger partial charge on any atom is -0.372 e. The molecule has 2 fully saturated rings. The first-order valence-electron chi connectivity index (χ1n) is 7.15. The van der Waals surface area contributed by atoms with Crippen LogP contribution in [0.2, 0.25) is 0 Å². The molecule has 1 saturated carbocycles. The molecule has 2 heteroatoms. The van der Waals surface area contributed by atoms with Crippen LogP contribution in [0.1, 0.15) is 48.4 Å². The van der Waals surface area contributed by atoms with E-state index < -0.39 is 0 Å². The second-order valence-corrected chi connectivity index (χ2v) is 5.93. The van der Waals surface area contributed by atoms with E-state index in [0.29, 0.717) is 6.04 Å². The molecule has 1 saturated heterocycles. The van der Waals surface area contributed by atoms with Crippen LogP contribution in [-0.2, 0) is 4.74 Å². The minimum atomic E-state index is 0.0679. The lowest BCUT2D eigenvalue weighted by Gasteiger charge is -2.42. The fraction of sp³-hybridized carbons (Fsp3) is 0.625. The SMILES string of the molecule is Cc1cc(C)cc(C2NCCOC23CCCC3)c1. The van der Waals surface area contributed by atoms with Crippen molar-refractivity contribution in [1.29, 1.82) is 0 Å². The van der Waals surface area contributed by atoms with Crippen LogP contribution in [0.5, 0.6) is 0 Å². The molecule has 1 atom stereocenters. The number of rotatable bonds is 1. The molecule has 1 aliphatic heterocycles. The lowest BCUT2D eigenvalue weighted by molar-refractivity contribution is -0.0935. The van der Waals surface area contributed by atoms with Crippen LogP contribution >= 0.6 is 0 Å². The largest absolute Gasteiger partial charge is 0.372 e. The first-order chi connectivity index (χ1) is 8.70. The molecule has 1 aliphatic carbocycles. The van der Waals surface area contributed by atoms with Gasteiger partial charge in [0, 0.05) is 6.54 Å². The predicted molar refractivity (Wildman–Crippen MR) is 73.8 cm³/mol. The van der Waals surface area contributed by atoms with Gasteiger partial charge in [0.2, 0.25) is 0 Å². The Morgan fingerprint density at radius 3 is 2.44 bits per heavy atom. The summed E-state index contributed by atoms with van der Waals surface area (Å²) in [5.74, 6) is 0. The van der Waals surface area contributed by atoms with Gasteiger partial charge in [-0.2, -0.15) is 0 Å². The van der Waals surface area contributed by atoms with Crippen molar-refractivity contribution in [3.8, 4) is 0 Å². The molecule has 0 amide bonds. The highest BCUT2D eigenvalue weighted by Crippen LogP contribution is 2.44. The van der Waals surface area contributed by atoms with Crippen LogP contribution in [0.25, 0.3) is 0 Å². The van der Waals surface area contributed by atoms with Gasteiger partial charge in [-0.1, -0.05) is 42.2 Å². The van der Waals surface area contributed by atoms with Crippen molar-refractivity contribution >= 4 is 0 Å². The molecule has 0 radical (unpaired) electrons. The quantitative estimate of drug-likeness (QED) is 0.820. The van der Waals surface area contributed by atoms with Gasteiger partial charge in [0.1, 0.15) is 0 Å². The van der Waals surface area contributed by atoms with Gasteiger partial charge < -0.3 is 10.1 Å². The average molecular weight is 245 g/mol. The van der Waals surface area contributed by atoms with Crippen molar-refractivity contribution < 1.29 is 4.74 Å². The highest BCUT2D eigenvalue weighted by atomic mass is 16.5. The van der Waals surface area contributed by atoms with E-state index in [1.807, 2.05) is 0 Å². The third-order valence-corrected chi connectivity index (χ3v) is 4.39. The Bertz CT molecular complexity index is 414. The van der Waals surface area contributed by atoms with Crippen molar-refractivity contribution in [2.45, 2.75) is 51.2 Å². The summed E-state index contributed by atoms with van der Waals surface area (Å²) in [6.45, 7) is 6.20. The first-order valence-corrected chi connectivity index (χ1v) is 7.15. The van der Waals surface area contributed by atoms with Crippen LogP contribution in [0.15, 0.2) is 18.2 Å². The van der Waals surface area contributed by atoms with Gasteiger partial charge in [-0.3, -0.25) is 0 Å². The van der Waals surface area contributed by atoms with Crippen molar-refractivity contribution in [3.63, 3.8) is 0 Å². The molecule has 1 heterocycles. The summed E-state index contributed by atoms with van der Waals surface area (Å²) in [6.07, 6.45) is 5.03. The number of hydrogen-bond donors (Lipinski definition) is 1. The van der Waals surface area contributed by atoms with Crippen molar-refractivity contribution in [3.05, 3.63) is 34.9 Å². The molecule has 1 aromatic rings. The molecule has 1 aromatic carbocycles. The number of morpholine rings is 1. The molecule has 18 heavy (non-hydrogen) atoms. The van der Waals surface area contributed by atoms with E-state index in [-0.39, 0.29) is 5.60 Å². The molecule has 2 aliphatic rings. The Morgan fingerprint density at radius 1 is 1.11 bits per heavy atom. The third kappa shape index (κ3) is 2.08. The zero-order valence-electron chi connectivity index (χ0n) is 11.5. The van der Waals surface area contributed by atoms with E-state index in [1.165, 1.54) is 42.4 Å². The summed E-state index contributed by atoms with van der Waals surface area (Å²) in [6, 6.07) is 7.26. The topological polar surface area (TPSA) is 21.3 Å². The number of aryl methyl sites for hydroxylation is 2. The van der Waals surface area contributed by atoms with Crippen molar-refractivity contribution in [2.75, 3.05) is 13.2 Å². The van der Waals surface area contributed by atoms with E-state index in [4.69, 9.17) is 4.74 Å². The normalized spacial score (nSPS) is 26.7. The monoisotopic (exact) mass is 245 g/mol. The summed E-state index contributed by atoms with van der Waals surface area (Å²) in [5, 5.41) is 3.70. The zero-order valence-corrected chi connectivity index (χ0v) is 11.5. The fourth-order valence-electron chi connectivity index (χ4n) is 3.73. The van der Waals surface area contributed by atoms with E-state index in [0.717, 1.165) is 13.2 Å². The zero-order chi connectivity index (χ0) is 12.6. The lowest BCUT2D eigenvalue weighted by atomic mass is 9.84. The van der Waals surface area contributed by atoms with Crippen LogP contribution in [0, 0.1) is 13.8 Å². The number of ether oxygens (including phenoxy) is 1. The van der Waals surface area contributed by atoms with Crippen molar-refractivity contribution in [1.82, 2.24) is 5.32 Å². The second-order valence-electron chi connectivity index (χ2n) is 5.93. The summed E-state index contributed by atoms with van der Waals surface area (Å²) in [7, 11) is 0. The van der Waals surface area contributed by atoms with Gasteiger partial charge in [0.15, 0.2) is 0 Å². The lowest BCUT2D eigenvalue weighted by Crippen LogP contribution is -2.50. The third-order valence-electron chi connectivity index (χ3n) is 4.39. The molecule has 98 valence electrons. The van der Waals surface area contributed by atoms with E-state index in [2.05, 4.69) is 37.4 Å². The van der Waals surface area contributed by atoms with Crippen LogP contribution in [-0.4, -0.2) is 18.8 Å².